The van der Waals surface area contributed by atoms with Gasteiger partial charge in [0.05, 0.1) is 6.10 Å². The van der Waals surface area contributed by atoms with Crippen LogP contribution in [0.15, 0.2) is 24.3 Å². The number of urea groups is 1. The molecule has 1 aliphatic rings. The number of nitrogens with zero attached hydrogens (tertiary/aromatic N) is 1. The number of hydrogen-bond donors (Lipinski definition) is 2. The minimum absolute atomic E-state index is 0.151. The van der Waals surface area contributed by atoms with Crippen molar-refractivity contribution in [3.63, 3.8) is 0 Å². The Morgan fingerprint density at radius 3 is 3.00 bits per heavy atom. The van der Waals surface area contributed by atoms with Gasteiger partial charge in [-0.15, -0.1) is 0 Å². The molecule has 2 rings (SSSR count). The lowest BCUT2D eigenvalue weighted by molar-refractivity contribution is 0.104. The van der Waals surface area contributed by atoms with Crippen molar-refractivity contribution in [1.29, 1.82) is 0 Å². The predicted octanol–water partition coefficient (Wildman–Crippen LogP) is 2.67. The van der Waals surface area contributed by atoms with Crippen molar-refractivity contribution >= 4 is 17.6 Å². The molecule has 23 heavy (non-hydrogen) atoms. The molecule has 6 heteroatoms. The van der Waals surface area contributed by atoms with E-state index in [0.29, 0.717) is 24.0 Å². The molecule has 1 aromatic rings. The Bertz CT molecular complexity index is 512. The van der Waals surface area contributed by atoms with Crippen LogP contribution in [0.2, 0.25) is 5.02 Å². The van der Waals surface area contributed by atoms with E-state index < -0.39 is 0 Å². The lowest BCUT2D eigenvalue weighted by atomic mass is 9.99. The second-order valence-electron chi connectivity index (χ2n) is 6.14. The topological polar surface area (TPSA) is 53.6 Å². The number of carbonyl (C=O) groups excluding carboxylic acids is 1. The summed E-state index contributed by atoms with van der Waals surface area (Å²) in [6.45, 7) is 3.32. The molecule has 128 valence electrons. The largest absolute Gasteiger partial charge is 0.375 e. The molecule has 0 bridgehead atoms. The Labute approximate surface area is 143 Å². The van der Waals surface area contributed by atoms with Gasteiger partial charge in [-0.25, -0.2) is 4.79 Å². The summed E-state index contributed by atoms with van der Waals surface area (Å²) < 4.78 is 5.44. The summed E-state index contributed by atoms with van der Waals surface area (Å²) in [6, 6.07) is 7.34. The maximum atomic E-state index is 12.0. The number of hydrogen-bond acceptors (Lipinski definition) is 3. The molecule has 0 saturated carbocycles. The highest BCUT2D eigenvalue weighted by Gasteiger charge is 2.18. The molecule has 2 atom stereocenters. The summed E-state index contributed by atoms with van der Waals surface area (Å²) in [7, 11) is 3.75. The average molecular weight is 340 g/mol. The van der Waals surface area contributed by atoms with Crippen molar-refractivity contribution in [2.24, 2.45) is 5.92 Å². The van der Waals surface area contributed by atoms with E-state index in [1.54, 1.807) is 7.11 Å². The number of rotatable bonds is 6. The number of piperidine rings is 1. The third-order valence-corrected chi connectivity index (χ3v) is 4.46. The molecule has 1 aliphatic heterocycles. The Balaban J connectivity index is 1.74. The van der Waals surface area contributed by atoms with Gasteiger partial charge in [0, 0.05) is 31.8 Å². The molecule has 0 unspecified atom stereocenters. The quantitative estimate of drug-likeness (QED) is 0.837. The Hall–Kier alpha value is -1.30. The monoisotopic (exact) mass is 339 g/mol. The van der Waals surface area contributed by atoms with Crippen LogP contribution in [0.25, 0.3) is 0 Å². The van der Waals surface area contributed by atoms with Crippen LogP contribution in [0, 0.1) is 5.92 Å². The zero-order valence-electron chi connectivity index (χ0n) is 13.8. The maximum absolute atomic E-state index is 12.0. The first-order chi connectivity index (χ1) is 11.1. The normalized spacial score (nSPS) is 20.0. The molecule has 5 nitrogen and oxygen atoms in total. The number of carbonyl (C=O) groups is 1. The van der Waals surface area contributed by atoms with Crippen LogP contribution in [0.4, 0.5) is 4.79 Å². The Kier molecular flexibility index (Phi) is 7.15. The van der Waals surface area contributed by atoms with Crippen LogP contribution in [0.5, 0.6) is 0 Å². The highest BCUT2D eigenvalue weighted by Crippen LogP contribution is 2.19. The first-order valence-corrected chi connectivity index (χ1v) is 8.44. The van der Waals surface area contributed by atoms with Crippen molar-refractivity contribution in [1.82, 2.24) is 15.5 Å². The van der Waals surface area contributed by atoms with Gasteiger partial charge in [0.25, 0.3) is 0 Å². The van der Waals surface area contributed by atoms with Gasteiger partial charge in [0.15, 0.2) is 0 Å². The van der Waals surface area contributed by atoms with E-state index in [-0.39, 0.29) is 12.1 Å². The van der Waals surface area contributed by atoms with Crippen LogP contribution < -0.4 is 10.6 Å². The number of likely N-dealkylation sites (tertiary alicyclic amines) is 1. The van der Waals surface area contributed by atoms with E-state index in [9.17, 15) is 4.79 Å². The van der Waals surface area contributed by atoms with Gasteiger partial charge < -0.3 is 20.3 Å². The summed E-state index contributed by atoms with van der Waals surface area (Å²) >= 11 is 6.00. The molecule has 1 saturated heterocycles. The van der Waals surface area contributed by atoms with Gasteiger partial charge in [-0.05, 0) is 50.0 Å². The SMILES string of the molecule is CO[C@H](CNC(=O)NC[C@@H]1CCCN(C)C1)c1cccc(Cl)c1. The molecule has 0 aliphatic carbocycles. The van der Waals surface area contributed by atoms with Crippen LogP contribution in [-0.4, -0.2) is 51.3 Å². The summed E-state index contributed by atoms with van der Waals surface area (Å²) in [4.78, 5) is 14.3. The molecule has 1 aromatic carbocycles. The van der Waals surface area contributed by atoms with E-state index in [1.807, 2.05) is 24.3 Å². The minimum Gasteiger partial charge on any atom is -0.375 e. The summed E-state index contributed by atoms with van der Waals surface area (Å²) in [5, 5.41) is 6.49. The summed E-state index contributed by atoms with van der Waals surface area (Å²) in [6.07, 6.45) is 2.17. The lowest BCUT2D eigenvalue weighted by Crippen LogP contribution is -2.43. The van der Waals surface area contributed by atoms with Gasteiger partial charge in [-0.1, -0.05) is 23.7 Å². The maximum Gasteiger partial charge on any atom is 0.314 e. The Morgan fingerprint density at radius 1 is 1.48 bits per heavy atom. The van der Waals surface area contributed by atoms with Gasteiger partial charge >= 0.3 is 6.03 Å². The molecular formula is C17H26ClN3O2. The molecular weight excluding hydrogens is 314 g/mol. The van der Waals surface area contributed by atoms with Crippen molar-refractivity contribution < 1.29 is 9.53 Å². The Morgan fingerprint density at radius 2 is 2.30 bits per heavy atom. The van der Waals surface area contributed by atoms with Crippen LogP contribution in [-0.2, 0) is 4.74 Å². The van der Waals surface area contributed by atoms with Crippen molar-refractivity contribution in [2.45, 2.75) is 18.9 Å². The fraction of sp³-hybridized carbons (Fsp3) is 0.588. The van der Waals surface area contributed by atoms with Gasteiger partial charge in [-0.2, -0.15) is 0 Å². The van der Waals surface area contributed by atoms with Crippen molar-refractivity contribution in [2.75, 3.05) is 40.3 Å². The van der Waals surface area contributed by atoms with Crippen molar-refractivity contribution in [3.05, 3.63) is 34.9 Å². The zero-order chi connectivity index (χ0) is 16.7. The van der Waals surface area contributed by atoms with E-state index in [1.165, 1.54) is 12.8 Å². The molecule has 2 N–H and O–H groups in total. The van der Waals surface area contributed by atoms with Crippen molar-refractivity contribution in [3.8, 4) is 0 Å². The van der Waals surface area contributed by atoms with Crippen LogP contribution >= 0.6 is 11.6 Å². The minimum atomic E-state index is -0.208. The number of methoxy groups -OCH3 is 1. The molecule has 0 radical (unpaired) electrons. The van der Waals surface area contributed by atoms with Crippen LogP contribution in [0.1, 0.15) is 24.5 Å². The van der Waals surface area contributed by atoms with Gasteiger partial charge in [-0.3, -0.25) is 0 Å². The first kappa shape index (κ1) is 18.0. The molecule has 0 spiro atoms. The number of nitrogens with one attached hydrogen (secondary N) is 2. The van der Waals surface area contributed by atoms with Gasteiger partial charge in [0.2, 0.25) is 0 Å². The number of ether oxygens (including phenoxy) is 1. The standard InChI is InChI=1S/C17H26ClN3O2/c1-21-8-4-5-13(12-21)10-19-17(22)20-11-16(23-2)14-6-3-7-15(18)9-14/h3,6-7,9,13,16H,4-5,8,10-12H2,1-2H3,(H2,19,20,22)/t13-,16+/m0/s1. The van der Waals surface area contributed by atoms with Crippen LogP contribution in [0.3, 0.4) is 0 Å². The fourth-order valence-corrected chi connectivity index (χ4v) is 3.17. The van der Waals surface area contributed by atoms with E-state index >= 15 is 0 Å². The molecule has 1 heterocycles. The smallest absolute Gasteiger partial charge is 0.314 e. The molecule has 1 fully saturated rings. The average Bonchev–Trinajstić information content (AvgIpc) is 2.54. The van der Waals surface area contributed by atoms with E-state index in [0.717, 1.165) is 18.7 Å². The highest BCUT2D eigenvalue weighted by atomic mass is 35.5. The van der Waals surface area contributed by atoms with E-state index in [4.69, 9.17) is 16.3 Å². The number of benzene rings is 1. The summed E-state index contributed by atoms with van der Waals surface area (Å²) in [5.41, 5.74) is 0.953. The third kappa shape index (κ3) is 6.01. The summed E-state index contributed by atoms with van der Waals surface area (Å²) in [5.74, 6) is 0.533. The molecule has 2 amide bonds. The second-order valence-corrected chi connectivity index (χ2v) is 6.58. The second kappa shape index (κ2) is 9.11. The fourth-order valence-electron chi connectivity index (χ4n) is 2.97. The molecule has 0 aromatic heterocycles. The zero-order valence-corrected chi connectivity index (χ0v) is 14.6. The number of halogens is 1. The highest BCUT2D eigenvalue weighted by molar-refractivity contribution is 6.30. The predicted molar refractivity (Wildman–Crippen MR) is 92.8 cm³/mol. The number of amides is 2. The third-order valence-electron chi connectivity index (χ3n) is 4.23. The van der Waals surface area contributed by atoms with E-state index in [2.05, 4.69) is 22.6 Å². The first-order valence-electron chi connectivity index (χ1n) is 8.07. The van der Waals surface area contributed by atoms with Gasteiger partial charge in [0.1, 0.15) is 0 Å². The lowest BCUT2D eigenvalue weighted by Gasteiger charge is -2.29.